The van der Waals surface area contributed by atoms with Gasteiger partial charge in [0.2, 0.25) is 0 Å². The minimum atomic E-state index is -0.958. The van der Waals surface area contributed by atoms with Crippen LogP contribution in [-0.4, -0.2) is 22.9 Å². The summed E-state index contributed by atoms with van der Waals surface area (Å²) >= 11 is 1.57. The van der Waals surface area contributed by atoms with Crippen LogP contribution in [0.5, 0.6) is 0 Å². The summed E-state index contributed by atoms with van der Waals surface area (Å²) in [6, 6.07) is 17.8. The zero-order valence-corrected chi connectivity index (χ0v) is 13.4. The first-order valence-electron chi connectivity index (χ1n) is 7.35. The zero-order chi connectivity index (χ0) is 15.9. The summed E-state index contributed by atoms with van der Waals surface area (Å²) in [6.07, 6.45) is 1.01. The number of thioether (sulfide) groups is 1. The van der Waals surface area contributed by atoms with Gasteiger partial charge in [0.15, 0.2) is 0 Å². The van der Waals surface area contributed by atoms with Gasteiger partial charge >= 0.3 is 5.97 Å². The molecule has 2 aromatic carbocycles. The number of nitrogens with two attached hydrogens (primary N) is 1. The van der Waals surface area contributed by atoms with Crippen molar-refractivity contribution in [2.45, 2.75) is 24.6 Å². The maximum absolute atomic E-state index is 10.9. The monoisotopic (exact) mass is 315 g/mol. The highest BCUT2D eigenvalue weighted by Gasteiger charge is 2.19. The van der Waals surface area contributed by atoms with Crippen LogP contribution in [0.3, 0.4) is 0 Å². The van der Waals surface area contributed by atoms with Gasteiger partial charge in [0.25, 0.3) is 0 Å². The van der Waals surface area contributed by atoms with Gasteiger partial charge in [0.1, 0.15) is 6.04 Å². The molecule has 22 heavy (non-hydrogen) atoms. The number of hydrogen-bond donors (Lipinski definition) is 2. The molecule has 2 rings (SSSR count). The van der Waals surface area contributed by atoms with Crippen molar-refractivity contribution in [1.82, 2.24) is 0 Å². The molecule has 4 heteroatoms. The highest BCUT2D eigenvalue weighted by Crippen LogP contribution is 2.35. The number of carboxylic acid groups (broad SMARTS) is 1. The molecule has 0 radical (unpaired) electrons. The fourth-order valence-electron chi connectivity index (χ4n) is 2.21. The van der Waals surface area contributed by atoms with Gasteiger partial charge in [0.05, 0.1) is 5.25 Å². The molecule has 0 amide bonds. The van der Waals surface area contributed by atoms with Crippen molar-refractivity contribution < 1.29 is 9.90 Å². The molecule has 2 atom stereocenters. The van der Waals surface area contributed by atoms with Crippen molar-refractivity contribution >= 4 is 17.7 Å². The Morgan fingerprint density at radius 1 is 1.09 bits per heavy atom. The molecule has 3 N–H and O–H groups in total. The van der Waals surface area contributed by atoms with Crippen LogP contribution in [0, 0.1) is 0 Å². The van der Waals surface area contributed by atoms with E-state index in [0.717, 1.165) is 12.0 Å². The molecule has 2 aromatic rings. The third kappa shape index (κ3) is 4.36. The Hall–Kier alpha value is -1.78. The molecule has 0 aliphatic rings. The van der Waals surface area contributed by atoms with E-state index in [1.807, 2.05) is 18.2 Å². The topological polar surface area (TPSA) is 63.3 Å². The minimum absolute atomic E-state index is 0.0949. The van der Waals surface area contributed by atoms with E-state index in [-0.39, 0.29) is 5.25 Å². The molecule has 0 saturated carbocycles. The molecule has 3 nitrogen and oxygen atoms in total. The Kier molecular flexibility index (Phi) is 6.04. The minimum Gasteiger partial charge on any atom is -0.480 e. The quantitative estimate of drug-likeness (QED) is 0.821. The average Bonchev–Trinajstić information content (AvgIpc) is 2.56. The van der Waals surface area contributed by atoms with Crippen LogP contribution >= 0.6 is 11.8 Å². The predicted molar refractivity (Wildman–Crippen MR) is 92.2 cm³/mol. The molecule has 116 valence electrons. The maximum atomic E-state index is 10.9. The van der Waals surface area contributed by atoms with Gasteiger partial charge in [0, 0.05) is 5.75 Å². The van der Waals surface area contributed by atoms with Crippen LogP contribution in [0.1, 0.15) is 28.9 Å². The predicted octanol–water partition coefficient (Wildman–Crippen LogP) is 3.48. The number of hydrogen-bond acceptors (Lipinski definition) is 3. The molecule has 1 unspecified atom stereocenters. The van der Waals surface area contributed by atoms with Gasteiger partial charge < -0.3 is 10.8 Å². The SMILES string of the molecule is CCc1ccc(C(SC[C@@H](N)C(=O)O)c2ccccc2)cc1. The third-order valence-corrected chi connectivity index (χ3v) is 4.98. The summed E-state index contributed by atoms with van der Waals surface area (Å²) in [5, 5.41) is 9.06. The zero-order valence-electron chi connectivity index (χ0n) is 12.6. The number of aryl methyl sites for hydroxylation is 1. The van der Waals surface area contributed by atoms with Crippen molar-refractivity contribution in [2.75, 3.05) is 5.75 Å². The summed E-state index contributed by atoms with van der Waals surface area (Å²) in [4.78, 5) is 10.9. The average molecular weight is 315 g/mol. The molecule has 0 fully saturated rings. The first-order valence-corrected chi connectivity index (χ1v) is 8.40. The lowest BCUT2D eigenvalue weighted by molar-refractivity contribution is -0.137. The first-order chi connectivity index (χ1) is 10.6. The van der Waals surface area contributed by atoms with E-state index in [1.165, 1.54) is 11.1 Å². The number of benzene rings is 2. The lowest BCUT2D eigenvalue weighted by Crippen LogP contribution is -2.32. The van der Waals surface area contributed by atoms with Gasteiger partial charge in [-0.1, -0.05) is 61.5 Å². The van der Waals surface area contributed by atoms with Crippen LogP contribution in [0.2, 0.25) is 0 Å². The Morgan fingerprint density at radius 2 is 1.68 bits per heavy atom. The van der Waals surface area contributed by atoms with Crippen molar-refractivity contribution in [1.29, 1.82) is 0 Å². The van der Waals surface area contributed by atoms with Crippen LogP contribution in [-0.2, 0) is 11.2 Å². The fraction of sp³-hybridized carbons (Fsp3) is 0.278. The van der Waals surface area contributed by atoms with Crippen molar-refractivity contribution in [2.24, 2.45) is 5.73 Å². The summed E-state index contributed by atoms with van der Waals surface area (Å²) in [6.45, 7) is 2.13. The molecule has 0 aliphatic heterocycles. The summed E-state index contributed by atoms with van der Waals surface area (Å²) in [7, 11) is 0. The van der Waals surface area contributed by atoms with Gasteiger partial charge in [-0.05, 0) is 23.1 Å². The third-order valence-electron chi connectivity index (χ3n) is 3.55. The first kappa shape index (κ1) is 16.6. The van der Waals surface area contributed by atoms with Gasteiger partial charge in [-0.15, -0.1) is 11.8 Å². The molecule has 0 bridgehead atoms. The van der Waals surface area contributed by atoms with Gasteiger partial charge in [-0.25, -0.2) is 0 Å². The Balaban J connectivity index is 2.22. The standard InChI is InChI=1S/C18H21NO2S/c1-2-13-8-10-15(11-9-13)17(14-6-4-3-5-7-14)22-12-16(19)18(20)21/h3-11,16-17H,2,12,19H2,1H3,(H,20,21)/t16-,17?/m1/s1. The molecule has 0 aliphatic carbocycles. The highest BCUT2D eigenvalue weighted by atomic mass is 32.2. The van der Waals surface area contributed by atoms with E-state index in [4.69, 9.17) is 10.8 Å². The maximum Gasteiger partial charge on any atom is 0.321 e. The van der Waals surface area contributed by atoms with Crippen molar-refractivity contribution in [3.05, 3.63) is 71.3 Å². The molecule has 0 spiro atoms. The largest absolute Gasteiger partial charge is 0.480 e. The van der Waals surface area contributed by atoms with Crippen molar-refractivity contribution in [3.8, 4) is 0 Å². The summed E-state index contributed by atoms with van der Waals surface area (Å²) in [5.41, 5.74) is 9.27. The Bertz CT molecular complexity index is 598. The van der Waals surface area contributed by atoms with Gasteiger partial charge in [-0.2, -0.15) is 0 Å². The fourth-order valence-corrected chi connectivity index (χ4v) is 3.45. The van der Waals surface area contributed by atoms with E-state index >= 15 is 0 Å². The van der Waals surface area contributed by atoms with E-state index in [9.17, 15) is 4.79 Å². The van der Waals surface area contributed by atoms with Crippen LogP contribution in [0.25, 0.3) is 0 Å². The number of carboxylic acids is 1. The Labute approximate surface area is 135 Å². The lowest BCUT2D eigenvalue weighted by Gasteiger charge is -2.19. The number of rotatable bonds is 7. The van der Waals surface area contributed by atoms with Gasteiger partial charge in [-0.3, -0.25) is 4.79 Å². The molecular formula is C18H21NO2S. The number of carbonyl (C=O) groups is 1. The molecule has 0 saturated heterocycles. The second kappa shape index (κ2) is 8.01. The van der Waals surface area contributed by atoms with E-state index in [2.05, 4.69) is 43.3 Å². The van der Waals surface area contributed by atoms with Crippen LogP contribution < -0.4 is 5.73 Å². The second-order valence-electron chi connectivity index (χ2n) is 5.16. The van der Waals surface area contributed by atoms with E-state index in [1.54, 1.807) is 11.8 Å². The number of aliphatic carboxylic acids is 1. The lowest BCUT2D eigenvalue weighted by atomic mass is 10.0. The smallest absolute Gasteiger partial charge is 0.321 e. The molecular weight excluding hydrogens is 294 g/mol. The van der Waals surface area contributed by atoms with Crippen molar-refractivity contribution in [3.63, 3.8) is 0 Å². The van der Waals surface area contributed by atoms with E-state index < -0.39 is 12.0 Å². The molecule has 0 aromatic heterocycles. The Morgan fingerprint density at radius 3 is 2.23 bits per heavy atom. The second-order valence-corrected chi connectivity index (χ2v) is 6.30. The molecule has 0 heterocycles. The van der Waals surface area contributed by atoms with Crippen LogP contribution in [0.15, 0.2) is 54.6 Å². The summed E-state index contributed by atoms with van der Waals surface area (Å²) in [5.74, 6) is -0.578. The summed E-state index contributed by atoms with van der Waals surface area (Å²) < 4.78 is 0. The van der Waals surface area contributed by atoms with E-state index in [0.29, 0.717) is 5.75 Å². The van der Waals surface area contributed by atoms with Crippen LogP contribution in [0.4, 0.5) is 0 Å². The highest BCUT2D eigenvalue weighted by molar-refractivity contribution is 7.99. The normalized spacial score (nSPS) is 13.5.